The second-order valence-electron chi connectivity index (χ2n) is 3.89. The Kier molecular flexibility index (Phi) is 5.33. The van der Waals surface area contributed by atoms with Crippen molar-refractivity contribution in [3.05, 3.63) is 11.5 Å². The molecule has 0 radical (unpaired) electrons. The smallest absolute Gasteiger partial charge is 0.360 e. The number of methoxy groups -OCH3 is 1. The van der Waals surface area contributed by atoms with Crippen molar-refractivity contribution >= 4 is 22.6 Å². The minimum Gasteiger partial charge on any atom is -0.464 e. The van der Waals surface area contributed by atoms with Gasteiger partial charge in [-0.1, -0.05) is 6.92 Å². The lowest BCUT2D eigenvalue weighted by atomic mass is 10.4. The third kappa shape index (κ3) is 3.32. The number of anilines is 1. The molecule has 6 nitrogen and oxygen atoms in total. The number of imidazole rings is 1. The van der Waals surface area contributed by atoms with Crippen LogP contribution in [0.2, 0.25) is 0 Å². The Hall–Kier alpha value is -1.37. The normalized spacial score (nSPS) is 12.4. The molecule has 18 heavy (non-hydrogen) atoms. The van der Waals surface area contributed by atoms with E-state index >= 15 is 0 Å². The molecule has 2 N–H and O–H groups in total. The Morgan fingerprint density at radius 3 is 2.72 bits per heavy atom. The molecule has 0 aliphatic heterocycles. The highest BCUT2D eigenvalue weighted by Crippen LogP contribution is 2.16. The third-order valence-electron chi connectivity index (χ3n) is 2.59. The lowest BCUT2D eigenvalue weighted by Crippen LogP contribution is -2.11. The highest BCUT2D eigenvalue weighted by atomic mass is 32.2. The summed E-state index contributed by atoms with van der Waals surface area (Å²) in [5, 5.41) is 0. The summed E-state index contributed by atoms with van der Waals surface area (Å²) >= 11 is 0. The molecule has 7 heteroatoms. The number of aryl methyl sites for hydroxylation is 1. The zero-order valence-corrected chi connectivity index (χ0v) is 11.7. The van der Waals surface area contributed by atoms with Gasteiger partial charge in [0.05, 0.1) is 7.11 Å². The minimum atomic E-state index is -0.824. The summed E-state index contributed by atoms with van der Waals surface area (Å²) < 4.78 is 17.4. The molecule has 0 aliphatic rings. The Morgan fingerprint density at radius 2 is 2.22 bits per heavy atom. The van der Waals surface area contributed by atoms with Gasteiger partial charge in [-0.15, -0.1) is 0 Å². The van der Waals surface area contributed by atoms with Crippen molar-refractivity contribution < 1.29 is 13.7 Å². The van der Waals surface area contributed by atoms with Gasteiger partial charge in [-0.3, -0.25) is 4.21 Å². The van der Waals surface area contributed by atoms with Crippen molar-refractivity contribution in [3.8, 4) is 0 Å². The summed E-state index contributed by atoms with van der Waals surface area (Å²) in [7, 11) is 0.474. The standard InChI is InChI=1S/C11H19N3O3S/c1-4-8-13-9(11(15)17-2)10(12)14(8)6-5-7-18(3)16/h4-7,12H2,1-3H3. The second-order valence-corrected chi connectivity index (χ2v) is 5.44. The van der Waals surface area contributed by atoms with Crippen LogP contribution in [0.4, 0.5) is 5.82 Å². The Morgan fingerprint density at radius 1 is 1.56 bits per heavy atom. The van der Waals surface area contributed by atoms with Gasteiger partial charge in [0.1, 0.15) is 11.6 Å². The first-order chi connectivity index (χ1) is 8.51. The maximum absolute atomic E-state index is 11.5. The number of hydrogen-bond acceptors (Lipinski definition) is 5. The van der Waals surface area contributed by atoms with Gasteiger partial charge in [-0.25, -0.2) is 9.78 Å². The molecule has 1 aromatic rings. The number of hydrogen-bond donors (Lipinski definition) is 1. The molecule has 0 spiro atoms. The lowest BCUT2D eigenvalue weighted by Gasteiger charge is -2.07. The molecule has 1 unspecified atom stereocenters. The highest BCUT2D eigenvalue weighted by molar-refractivity contribution is 7.84. The fraction of sp³-hybridized carbons (Fsp3) is 0.636. The summed E-state index contributed by atoms with van der Waals surface area (Å²) in [6, 6.07) is 0. The summed E-state index contributed by atoms with van der Waals surface area (Å²) in [5.74, 6) is 1.14. The number of rotatable bonds is 6. The third-order valence-corrected chi connectivity index (χ3v) is 3.46. The number of nitrogens with zero attached hydrogens (tertiary/aromatic N) is 2. The van der Waals surface area contributed by atoms with Crippen molar-refractivity contribution in [2.75, 3.05) is 24.9 Å². The van der Waals surface area contributed by atoms with Gasteiger partial charge in [0, 0.05) is 35.8 Å². The first-order valence-corrected chi connectivity index (χ1v) is 7.47. The van der Waals surface area contributed by atoms with Gasteiger partial charge in [0.25, 0.3) is 0 Å². The van der Waals surface area contributed by atoms with Crippen LogP contribution in [-0.4, -0.2) is 38.8 Å². The quantitative estimate of drug-likeness (QED) is 0.766. The van der Waals surface area contributed by atoms with Crippen molar-refractivity contribution in [2.24, 2.45) is 0 Å². The van der Waals surface area contributed by atoms with E-state index in [9.17, 15) is 9.00 Å². The van der Waals surface area contributed by atoms with E-state index in [2.05, 4.69) is 9.72 Å². The molecule has 0 fully saturated rings. The number of nitrogens with two attached hydrogens (primary N) is 1. The van der Waals surface area contributed by atoms with E-state index in [0.29, 0.717) is 24.5 Å². The summed E-state index contributed by atoms with van der Waals surface area (Å²) in [6.45, 7) is 2.55. The van der Waals surface area contributed by atoms with Gasteiger partial charge in [-0.05, 0) is 6.42 Å². The van der Waals surface area contributed by atoms with Crippen molar-refractivity contribution in [1.29, 1.82) is 0 Å². The number of carbonyl (C=O) groups excluding carboxylic acids is 1. The first kappa shape index (κ1) is 14.7. The zero-order valence-electron chi connectivity index (χ0n) is 10.9. The predicted molar refractivity (Wildman–Crippen MR) is 70.9 cm³/mol. The number of aromatic nitrogens is 2. The van der Waals surface area contributed by atoms with Crippen LogP contribution in [0.25, 0.3) is 0 Å². The summed E-state index contributed by atoms with van der Waals surface area (Å²) in [6.07, 6.45) is 3.07. The van der Waals surface area contributed by atoms with Crippen LogP contribution in [0.15, 0.2) is 0 Å². The van der Waals surface area contributed by atoms with Crippen molar-refractivity contribution in [3.63, 3.8) is 0 Å². The molecule has 0 bridgehead atoms. The number of nitrogen functional groups attached to an aromatic ring is 1. The largest absolute Gasteiger partial charge is 0.464 e. The monoisotopic (exact) mass is 273 g/mol. The number of carbonyl (C=O) groups is 1. The van der Waals surface area contributed by atoms with Crippen LogP contribution in [0.1, 0.15) is 29.7 Å². The van der Waals surface area contributed by atoms with Crippen LogP contribution < -0.4 is 5.73 Å². The maximum atomic E-state index is 11.5. The second kappa shape index (κ2) is 6.53. The van der Waals surface area contributed by atoms with Crippen LogP contribution in [-0.2, 0) is 28.5 Å². The number of ether oxygens (including phenoxy) is 1. The molecule has 1 aromatic heterocycles. The van der Waals surface area contributed by atoms with Gasteiger partial charge < -0.3 is 15.0 Å². The molecule has 1 heterocycles. The maximum Gasteiger partial charge on any atom is 0.360 e. The predicted octanol–water partition coefficient (Wildman–Crippen LogP) is 0.583. The zero-order chi connectivity index (χ0) is 13.7. The van der Waals surface area contributed by atoms with E-state index in [-0.39, 0.29) is 5.69 Å². The molecule has 0 saturated heterocycles. The molecule has 0 aromatic carbocycles. The molecule has 0 amide bonds. The molecule has 1 atom stereocenters. The van der Waals surface area contributed by atoms with E-state index in [4.69, 9.17) is 5.73 Å². The minimum absolute atomic E-state index is 0.159. The summed E-state index contributed by atoms with van der Waals surface area (Å²) in [5.41, 5.74) is 6.06. The Balaban J connectivity index is 2.91. The van der Waals surface area contributed by atoms with Crippen molar-refractivity contribution in [1.82, 2.24) is 9.55 Å². The van der Waals surface area contributed by atoms with Crippen LogP contribution in [0.5, 0.6) is 0 Å². The SMILES string of the molecule is CCc1nc(C(=O)OC)c(N)n1CCCS(C)=O. The van der Waals surface area contributed by atoms with Crippen LogP contribution in [0.3, 0.4) is 0 Å². The van der Waals surface area contributed by atoms with E-state index in [1.54, 1.807) is 10.8 Å². The Bertz CT molecular complexity index is 457. The fourth-order valence-corrected chi connectivity index (χ4v) is 2.24. The molecule has 0 aliphatic carbocycles. The topological polar surface area (TPSA) is 87.2 Å². The average molecular weight is 273 g/mol. The van der Waals surface area contributed by atoms with Crippen LogP contribution in [0, 0.1) is 0 Å². The van der Waals surface area contributed by atoms with Gasteiger partial charge in [0.2, 0.25) is 0 Å². The molecule has 102 valence electrons. The molecule has 1 rings (SSSR count). The Labute approximate surface area is 109 Å². The van der Waals surface area contributed by atoms with Gasteiger partial charge in [-0.2, -0.15) is 0 Å². The van der Waals surface area contributed by atoms with E-state index in [0.717, 1.165) is 12.2 Å². The average Bonchev–Trinajstić information content (AvgIpc) is 2.65. The van der Waals surface area contributed by atoms with E-state index in [1.165, 1.54) is 7.11 Å². The molecular weight excluding hydrogens is 254 g/mol. The lowest BCUT2D eigenvalue weighted by molar-refractivity contribution is 0.0595. The molecular formula is C11H19N3O3S. The number of esters is 1. The summed E-state index contributed by atoms with van der Waals surface area (Å²) in [4.78, 5) is 15.7. The highest BCUT2D eigenvalue weighted by Gasteiger charge is 2.19. The van der Waals surface area contributed by atoms with E-state index in [1.807, 2.05) is 6.92 Å². The first-order valence-electron chi connectivity index (χ1n) is 5.74. The molecule has 0 saturated carbocycles. The van der Waals surface area contributed by atoms with Crippen LogP contribution >= 0.6 is 0 Å². The van der Waals surface area contributed by atoms with Gasteiger partial charge in [0.15, 0.2) is 5.69 Å². The van der Waals surface area contributed by atoms with Crippen molar-refractivity contribution in [2.45, 2.75) is 26.3 Å². The fourth-order valence-electron chi connectivity index (χ4n) is 1.71. The van der Waals surface area contributed by atoms with E-state index < -0.39 is 16.8 Å². The van der Waals surface area contributed by atoms with Gasteiger partial charge >= 0.3 is 5.97 Å².